The molecule has 0 saturated heterocycles. The molecule has 8 heteroatoms. The molecule has 2 aromatic heterocycles. The first-order valence-corrected chi connectivity index (χ1v) is 9.52. The largest absolute Gasteiger partial charge is 0.550 e. The van der Waals surface area contributed by atoms with Crippen LogP contribution in [0.5, 0.6) is 5.75 Å². The first-order chi connectivity index (χ1) is 14.4. The van der Waals surface area contributed by atoms with Crippen molar-refractivity contribution in [3.63, 3.8) is 0 Å². The molecule has 30 heavy (non-hydrogen) atoms. The van der Waals surface area contributed by atoms with Crippen molar-refractivity contribution < 1.29 is 24.2 Å². The molecule has 0 fully saturated rings. The zero-order chi connectivity index (χ0) is 21.2. The Kier molecular flexibility index (Phi) is 3.92. The summed E-state index contributed by atoms with van der Waals surface area (Å²) in [6.07, 6.45) is 0. The van der Waals surface area contributed by atoms with E-state index in [1.165, 1.54) is 6.92 Å². The van der Waals surface area contributed by atoms with Crippen molar-refractivity contribution >= 4 is 22.8 Å². The van der Waals surface area contributed by atoms with E-state index in [4.69, 9.17) is 14.5 Å². The minimum absolute atomic E-state index is 0.188. The number of esters is 1. The fourth-order valence-corrected chi connectivity index (χ4v) is 4.42. The van der Waals surface area contributed by atoms with Gasteiger partial charge in [0.05, 0.1) is 42.0 Å². The number of pyridine rings is 2. The summed E-state index contributed by atoms with van der Waals surface area (Å²) in [4.78, 5) is 41.8. The maximum absolute atomic E-state index is 13.3. The van der Waals surface area contributed by atoms with Crippen molar-refractivity contribution in [3.8, 4) is 17.1 Å². The van der Waals surface area contributed by atoms with Gasteiger partial charge in [0, 0.05) is 22.8 Å². The SMILES string of the molecule is COc1c2c(nc3ccccc13)-c1cc3c(c(=O)n1C2)COC(=O)C3C(C)C(=O)[O-]. The number of carboxylic acid groups (broad SMARTS) is 1. The molecule has 4 heterocycles. The maximum Gasteiger partial charge on any atom is 0.314 e. The number of aromatic nitrogens is 2. The van der Waals surface area contributed by atoms with Gasteiger partial charge in [-0.15, -0.1) is 0 Å². The zero-order valence-electron chi connectivity index (χ0n) is 16.3. The second kappa shape index (κ2) is 6.41. The number of hydrogen-bond donors (Lipinski definition) is 0. The number of ether oxygens (including phenoxy) is 2. The first-order valence-electron chi connectivity index (χ1n) is 9.52. The molecular formula is C22H17N2O6-. The molecule has 2 atom stereocenters. The Morgan fingerprint density at radius 2 is 2.07 bits per heavy atom. The van der Waals surface area contributed by atoms with Crippen molar-refractivity contribution in [2.24, 2.45) is 5.92 Å². The predicted molar refractivity (Wildman–Crippen MR) is 104 cm³/mol. The summed E-state index contributed by atoms with van der Waals surface area (Å²) in [5.74, 6) is -3.66. The second-order valence-corrected chi connectivity index (χ2v) is 7.54. The summed E-state index contributed by atoms with van der Waals surface area (Å²) in [7, 11) is 1.57. The standard InChI is InChI=1S/C22H18N2O6/c1-10(21(26)27)17-12-7-16-18-13(8-24(16)20(25)14(12)9-30-22(17)28)19(29-2)11-5-3-4-6-15(11)23-18/h3-7,10,17H,8-9H2,1-2H3,(H,26,27)/p-1. The molecule has 0 aliphatic carbocycles. The van der Waals surface area contributed by atoms with E-state index < -0.39 is 23.8 Å². The molecule has 0 amide bonds. The normalized spacial score (nSPS) is 17.7. The number of para-hydroxylation sites is 1. The van der Waals surface area contributed by atoms with Crippen LogP contribution < -0.4 is 15.4 Å². The van der Waals surface area contributed by atoms with Crippen LogP contribution in [0.15, 0.2) is 35.1 Å². The molecule has 0 radical (unpaired) electrons. The fourth-order valence-electron chi connectivity index (χ4n) is 4.42. The van der Waals surface area contributed by atoms with Crippen molar-refractivity contribution in [2.75, 3.05) is 7.11 Å². The van der Waals surface area contributed by atoms with Gasteiger partial charge in [-0.1, -0.05) is 19.1 Å². The lowest BCUT2D eigenvalue weighted by Gasteiger charge is -2.29. The van der Waals surface area contributed by atoms with Gasteiger partial charge in [-0.25, -0.2) is 4.98 Å². The van der Waals surface area contributed by atoms with Gasteiger partial charge in [0.2, 0.25) is 0 Å². The minimum Gasteiger partial charge on any atom is -0.550 e. The van der Waals surface area contributed by atoms with E-state index in [1.807, 2.05) is 24.3 Å². The summed E-state index contributed by atoms with van der Waals surface area (Å²) in [6, 6.07) is 9.21. The van der Waals surface area contributed by atoms with Gasteiger partial charge in [-0.3, -0.25) is 9.59 Å². The molecule has 2 aliphatic rings. The van der Waals surface area contributed by atoms with E-state index in [1.54, 1.807) is 17.7 Å². The van der Waals surface area contributed by atoms with Gasteiger partial charge in [-0.2, -0.15) is 0 Å². The van der Waals surface area contributed by atoms with Gasteiger partial charge in [0.15, 0.2) is 0 Å². The van der Waals surface area contributed by atoms with Crippen LogP contribution in [0.2, 0.25) is 0 Å². The molecule has 5 rings (SSSR count). The Labute approximate surface area is 170 Å². The molecule has 0 N–H and O–H groups in total. The molecular weight excluding hydrogens is 388 g/mol. The Morgan fingerprint density at radius 1 is 1.30 bits per heavy atom. The lowest BCUT2D eigenvalue weighted by molar-refractivity contribution is -0.311. The topological polar surface area (TPSA) is 111 Å². The van der Waals surface area contributed by atoms with Crippen LogP contribution in [-0.4, -0.2) is 28.6 Å². The highest BCUT2D eigenvalue weighted by atomic mass is 16.5. The van der Waals surface area contributed by atoms with E-state index >= 15 is 0 Å². The van der Waals surface area contributed by atoms with Crippen molar-refractivity contribution in [3.05, 3.63) is 57.4 Å². The van der Waals surface area contributed by atoms with Crippen molar-refractivity contribution in [1.82, 2.24) is 9.55 Å². The van der Waals surface area contributed by atoms with E-state index in [0.29, 0.717) is 28.2 Å². The van der Waals surface area contributed by atoms with Crippen LogP contribution in [0.3, 0.4) is 0 Å². The summed E-state index contributed by atoms with van der Waals surface area (Å²) in [5.41, 5.74) is 2.92. The minimum atomic E-state index is -1.38. The van der Waals surface area contributed by atoms with Crippen LogP contribution in [0.1, 0.15) is 29.5 Å². The van der Waals surface area contributed by atoms with Crippen LogP contribution in [0.4, 0.5) is 0 Å². The Balaban J connectivity index is 1.79. The summed E-state index contributed by atoms with van der Waals surface area (Å²) in [6.45, 7) is 1.46. The van der Waals surface area contributed by atoms with E-state index in [-0.39, 0.29) is 24.3 Å². The molecule has 0 bridgehead atoms. The Bertz CT molecular complexity index is 1310. The molecule has 152 valence electrons. The van der Waals surface area contributed by atoms with Crippen LogP contribution in [0, 0.1) is 5.92 Å². The quantitative estimate of drug-likeness (QED) is 0.467. The van der Waals surface area contributed by atoms with Crippen molar-refractivity contribution in [2.45, 2.75) is 26.0 Å². The lowest BCUT2D eigenvalue weighted by atomic mass is 9.83. The number of cyclic esters (lactones) is 1. The number of aliphatic carboxylic acids is 1. The van der Waals surface area contributed by atoms with E-state index in [2.05, 4.69) is 0 Å². The average Bonchev–Trinajstić information content (AvgIpc) is 3.10. The number of hydrogen-bond acceptors (Lipinski definition) is 7. The van der Waals surface area contributed by atoms with Gasteiger partial charge in [0.25, 0.3) is 5.56 Å². The lowest BCUT2D eigenvalue weighted by Crippen LogP contribution is -2.40. The van der Waals surface area contributed by atoms with Gasteiger partial charge >= 0.3 is 5.97 Å². The monoisotopic (exact) mass is 405 g/mol. The molecule has 1 aromatic carbocycles. The van der Waals surface area contributed by atoms with Crippen LogP contribution in [-0.2, 0) is 27.5 Å². The third-order valence-corrected chi connectivity index (χ3v) is 5.96. The number of methoxy groups -OCH3 is 1. The number of fused-ring (bicyclic) bond motifs is 5. The van der Waals surface area contributed by atoms with Crippen LogP contribution >= 0.6 is 0 Å². The average molecular weight is 405 g/mol. The summed E-state index contributed by atoms with van der Waals surface area (Å²) < 4.78 is 12.4. The highest BCUT2D eigenvalue weighted by Gasteiger charge is 2.38. The van der Waals surface area contributed by atoms with Crippen LogP contribution in [0.25, 0.3) is 22.3 Å². The number of carboxylic acids is 1. The van der Waals surface area contributed by atoms with E-state index in [0.717, 1.165) is 10.9 Å². The highest BCUT2D eigenvalue weighted by Crippen LogP contribution is 2.42. The maximum atomic E-state index is 13.3. The molecule has 0 spiro atoms. The highest BCUT2D eigenvalue weighted by molar-refractivity contribution is 5.91. The second-order valence-electron chi connectivity index (χ2n) is 7.54. The third kappa shape index (κ3) is 2.39. The van der Waals surface area contributed by atoms with E-state index in [9.17, 15) is 19.5 Å². The fraction of sp³-hybridized carbons (Fsp3) is 0.273. The molecule has 8 nitrogen and oxygen atoms in total. The van der Waals surface area contributed by atoms with Gasteiger partial charge in [-0.05, 0) is 23.8 Å². The smallest absolute Gasteiger partial charge is 0.314 e. The number of rotatable bonds is 3. The summed E-state index contributed by atoms with van der Waals surface area (Å²) >= 11 is 0. The Morgan fingerprint density at radius 3 is 2.80 bits per heavy atom. The third-order valence-electron chi connectivity index (χ3n) is 5.96. The predicted octanol–water partition coefficient (Wildman–Crippen LogP) is 0.960. The number of carbonyl (C=O) groups excluding carboxylic acids is 2. The molecule has 2 aliphatic heterocycles. The van der Waals surface area contributed by atoms with Crippen molar-refractivity contribution in [1.29, 1.82) is 0 Å². The Hall–Kier alpha value is -3.68. The summed E-state index contributed by atoms with van der Waals surface area (Å²) in [5, 5.41) is 12.3. The number of nitrogens with zero attached hydrogens (tertiary/aromatic N) is 2. The zero-order valence-corrected chi connectivity index (χ0v) is 16.3. The van der Waals surface area contributed by atoms with Gasteiger partial charge in [0.1, 0.15) is 12.4 Å². The molecule has 0 saturated carbocycles. The first kappa shape index (κ1) is 18.4. The van der Waals surface area contributed by atoms with Gasteiger partial charge < -0.3 is 23.9 Å². The molecule has 2 unspecified atom stereocenters. The number of benzene rings is 1. The number of carbonyl (C=O) groups is 2. The molecule has 3 aromatic rings.